The number of hydrogen-bond acceptors (Lipinski definition) is 16. The number of amides is 2. The molecule has 0 spiro atoms. The van der Waals surface area contributed by atoms with Gasteiger partial charge in [-0.05, 0) is 51.4 Å². The number of Topliss-reactive ketones (excluding diaryl/α,β-unsaturated/α-hetero) is 1. The predicted octanol–water partition coefficient (Wildman–Crippen LogP) is 0.956. The number of carboxylic acids is 1. The minimum atomic E-state index is -1.65. The summed E-state index contributed by atoms with van der Waals surface area (Å²) in [6.45, 7) is 5.95. The van der Waals surface area contributed by atoms with Crippen LogP contribution in [0.25, 0.3) is 0 Å². The van der Waals surface area contributed by atoms with Crippen LogP contribution in [0.3, 0.4) is 0 Å². The van der Waals surface area contributed by atoms with E-state index in [0.717, 1.165) is 37.8 Å². The van der Waals surface area contributed by atoms with Gasteiger partial charge in [0.2, 0.25) is 5.91 Å². The fraction of sp³-hybridized carbons (Fsp3) is 0.825. The molecule has 4 fully saturated rings. The van der Waals surface area contributed by atoms with Crippen LogP contribution in [0.15, 0.2) is 5.38 Å². The van der Waals surface area contributed by atoms with Gasteiger partial charge in [-0.2, -0.15) is 0 Å². The molecule has 8 N–H and O–H groups in total. The number of carbonyl (C=O) groups excluding carboxylic acids is 3. The fourth-order valence-corrected chi connectivity index (χ4v) is 9.54. The number of aromatic nitrogens is 1. The first-order valence-electron chi connectivity index (χ1n) is 20.9. The second-order valence-electron chi connectivity index (χ2n) is 16.5. The average Bonchev–Trinajstić information content (AvgIpc) is 3.66. The summed E-state index contributed by atoms with van der Waals surface area (Å²) >= 11 is 1.23. The molecule has 2 aliphatic heterocycles. The third kappa shape index (κ3) is 12.2. The molecule has 0 radical (unpaired) electrons. The van der Waals surface area contributed by atoms with Crippen LogP contribution < -0.4 is 10.6 Å². The fourth-order valence-electron chi connectivity index (χ4n) is 8.83. The zero-order valence-corrected chi connectivity index (χ0v) is 35.0. The number of aryl methyl sites for hydroxylation is 1. The molecule has 15 atom stereocenters. The number of aliphatic carboxylic acids is 1. The van der Waals surface area contributed by atoms with E-state index in [1.807, 2.05) is 6.92 Å². The highest BCUT2D eigenvalue weighted by molar-refractivity contribution is 7.11. The van der Waals surface area contributed by atoms with Crippen LogP contribution in [0, 0.1) is 24.7 Å². The number of rotatable bonds is 18. The van der Waals surface area contributed by atoms with E-state index >= 15 is 0 Å². The van der Waals surface area contributed by atoms with Gasteiger partial charge < -0.3 is 65.0 Å². The lowest BCUT2D eigenvalue weighted by Gasteiger charge is -2.49. The molecule has 2 saturated heterocycles. The van der Waals surface area contributed by atoms with Gasteiger partial charge in [0.1, 0.15) is 48.4 Å². The largest absolute Gasteiger partial charge is 0.479 e. The van der Waals surface area contributed by atoms with Crippen molar-refractivity contribution in [2.45, 2.75) is 178 Å². The van der Waals surface area contributed by atoms with E-state index < -0.39 is 110 Å². The summed E-state index contributed by atoms with van der Waals surface area (Å²) in [4.78, 5) is 55.9. The Morgan fingerprint density at radius 1 is 0.966 bits per heavy atom. The van der Waals surface area contributed by atoms with Gasteiger partial charge in [0.15, 0.2) is 23.7 Å². The lowest BCUT2D eigenvalue weighted by Crippen LogP contribution is -2.67. The number of nitrogens with zero attached hydrogens (tertiary/aromatic N) is 1. The number of hydrogen-bond donors (Lipinski definition) is 8. The Hall–Kier alpha value is -2.69. The van der Waals surface area contributed by atoms with E-state index in [9.17, 15) is 49.8 Å². The molecule has 1 aromatic rings. The zero-order valence-electron chi connectivity index (χ0n) is 34.2. The normalized spacial score (nSPS) is 36.1. The number of nitrogens with one attached hydrogen (secondary N) is 2. The van der Waals surface area contributed by atoms with Gasteiger partial charge in [0, 0.05) is 36.9 Å². The minimum absolute atomic E-state index is 0.0538. The first kappa shape index (κ1) is 47.4. The molecular weight excluding hydrogens is 795 g/mol. The molecule has 2 aliphatic carbocycles. The number of aliphatic hydroxyl groups excluding tert-OH is 5. The standard InChI is InChI=1S/C40H63N3O15S/c1-5-23-15-24(25(46)12-9-13-41-36(51)37-42-19(2)18-59-37)16-26(34(23)58-40-33(50)32(49)30(47)20(3)54-40)56-39-29(43-21(4)45)35(31(48)28(17-44)57-39)55-27(38(52)53)14-22-10-7-6-8-11-22/h18,20,22-24,26-35,39-40,44,47-50H,5-17H2,1-4H3,(H,41,51)(H,43,45)(H,52,53)/t20-,23?,24?,26+,27-,28-,29?,30-,31?,32?,33-,34+,35?,39+,40?/m0/s1. The highest BCUT2D eigenvalue weighted by atomic mass is 32.1. The second kappa shape index (κ2) is 21.9. The Morgan fingerprint density at radius 3 is 2.32 bits per heavy atom. The Balaban J connectivity index is 1.39. The first-order valence-corrected chi connectivity index (χ1v) is 21.8. The molecule has 4 aliphatic rings. The zero-order chi connectivity index (χ0) is 43.0. The van der Waals surface area contributed by atoms with Crippen molar-refractivity contribution in [3.8, 4) is 0 Å². The molecule has 7 unspecified atom stereocenters. The Kier molecular flexibility index (Phi) is 17.6. The summed E-state index contributed by atoms with van der Waals surface area (Å²) in [5.41, 5.74) is 0.734. The number of carboxylic acid groups (broad SMARTS) is 1. The summed E-state index contributed by atoms with van der Waals surface area (Å²) in [6.07, 6.45) is -9.86. The maximum Gasteiger partial charge on any atom is 0.332 e. The Morgan fingerprint density at radius 2 is 1.69 bits per heavy atom. The molecule has 5 rings (SSSR count). The SMILES string of the molecule is CCC1CC(C(=O)CCCNC(=O)c2nc(C)cs2)C[C@@H](O[C@@H]2O[C@@H](CO)C(O)C(O[C@@H](CC3CCCCC3)C(=O)O)C2NC(C)=O)[C@@H]1OC1O[C@@H](C)[C@H](O)C(O)[C@@H]1O. The topological polar surface area (TPSA) is 273 Å². The van der Waals surface area contributed by atoms with E-state index in [1.165, 1.54) is 25.2 Å². The molecule has 59 heavy (non-hydrogen) atoms. The van der Waals surface area contributed by atoms with Crippen molar-refractivity contribution < 1.29 is 73.5 Å². The predicted molar refractivity (Wildman–Crippen MR) is 209 cm³/mol. The molecule has 19 heteroatoms. The summed E-state index contributed by atoms with van der Waals surface area (Å²) in [5, 5.41) is 71.5. The second-order valence-corrected chi connectivity index (χ2v) is 17.4. The van der Waals surface area contributed by atoms with Crippen LogP contribution in [0.2, 0.25) is 0 Å². The van der Waals surface area contributed by atoms with Crippen LogP contribution >= 0.6 is 11.3 Å². The lowest BCUT2D eigenvalue weighted by molar-refractivity contribution is -0.338. The minimum Gasteiger partial charge on any atom is -0.479 e. The van der Waals surface area contributed by atoms with Crippen LogP contribution in [0.4, 0.5) is 0 Å². The van der Waals surface area contributed by atoms with Gasteiger partial charge in [-0.25, -0.2) is 9.78 Å². The van der Waals surface area contributed by atoms with Crippen molar-refractivity contribution in [2.24, 2.45) is 17.8 Å². The van der Waals surface area contributed by atoms with Crippen molar-refractivity contribution in [2.75, 3.05) is 13.2 Å². The number of ketones is 1. The molecule has 1 aromatic heterocycles. The number of ether oxygens (including phenoxy) is 5. The van der Waals surface area contributed by atoms with E-state index in [4.69, 9.17) is 23.7 Å². The molecule has 0 aromatic carbocycles. The third-order valence-electron chi connectivity index (χ3n) is 12.1. The Labute approximate surface area is 348 Å². The molecule has 334 valence electrons. The maximum atomic E-state index is 13.9. The maximum absolute atomic E-state index is 13.9. The van der Waals surface area contributed by atoms with Crippen molar-refractivity contribution in [1.82, 2.24) is 15.6 Å². The third-order valence-corrected chi connectivity index (χ3v) is 13.1. The Bertz CT molecular complexity index is 1550. The first-order chi connectivity index (χ1) is 28.1. The summed E-state index contributed by atoms with van der Waals surface area (Å²) in [5.74, 6) is -3.13. The highest BCUT2D eigenvalue weighted by Crippen LogP contribution is 2.40. The number of aliphatic hydroxyl groups is 5. The molecule has 2 amide bonds. The van der Waals surface area contributed by atoms with Crippen LogP contribution in [-0.2, 0) is 38.1 Å². The summed E-state index contributed by atoms with van der Waals surface area (Å²) in [7, 11) is 0. The van der Waals surface area contributed by atoms with Gasteiger partial charge in [-0.3, -0.25) is 14.4 Å². The molecule has 0 bridgehead atoms. The van der Waals surface area contributed by atoms with Crippen LogP contribution in [0.5, 0.6) is 0 Å². The smallest absolute Gasteiger partial charge is 0.332 e. The molecule has 18 nitrogen and oxygen atoms in total. The molecule has 3 heterocycles. The van der Waals surface area contributed by atoms with Crippen LogP contribution in [-0.4, -0.2) is 152 Å². The van der Waals surface area contributed by atoms with Gasteiger partial charge in [0.05, 0.1) is 24.9 Å². The van der Waals surface area contributed by atoms with Gasteiger partial charge in [0.25, 0.3) is 5.91 Å². The van der Waals surface area contributed by atoms with Gasteiger partial charge in [-0.15, -0.1) is 11.3 Å². The lowest BCUT2D eigenvalue weighted by atomic mass is 9.74. The summed E-state index contributed by atoms with van der Waals surface area (Å²) < 4.78 is 31.1. The monoisotopic (exact) mass is 857 g/mol. The van der Waals surface area contributed by atoms with Gasteiger partial charge >= 0.3 is 5.97 Å². The highest BCUT2D eigenvalue weighted by Gasteiger charge is 2.52. The van der Waals surface area contributed by atoms with E-state index in [1.54, 1.807) is 12.3 Å². The van der Waals surface area contributed by atoms with Crippen molar-refractivity contribution >= 4 is 34.9 Å². The number of thiazole rings is 1. The van der Waals surface area contributed by atoms with Gasteiger partial charge in [-0.1, -0.05) is 45.4 Å². The molecular formula is C40H63N3O15S. The van der Waals surface area contributed by atoms with Crippen molar-refractivity contribution in [3.05, 3.63) is 16.1 Å². The molecule has 2 saturated carbocycles. The van der Waals surface area contributed by atoms with Crippen LogP contribution in [0.1, 0.15) is 107 Å². The van der Waals surface area contributed by atoms with E-state index in [0.29, 0.717) is 24.3 Å². The quantitative estimate of drug-likeness (QED) is 0.0955. The number of carbonyl (C=O) groups is 4. The average molecular weight is 858 g/mol. The van der Waals surface area contributed by atoms with Crippen molar-refractivity contribution in [1.29, 1.82) is 0 Å². The van der Waals surface area contributed by atoms with Crippen molar-refractivity contribution in [3.63, 3.8) is 0 Å². The summed E-state index contributed by atoms with van der Waals surface area (Å²) in [6, 6.07) is -1.30. The van der Waals surface area contributed by atoms with E-state index in [-0.39, 0.29) is 43.4 Å². The van der Waals surface area contributed by atoms with E-state index in [2.05, 4.69) is 15.6 Å².